The molecule has 0 aliphatic carbocycles. The molecule has 4 heteroatoms. The van der Waals surface area contributed by atoms with Gasteiger partial charge in [0.05, 0.1) is 6.42 Å². The molecular weight excluding hydrogens is 259 g/mol. The van der Waals surface area contributed by atoms with E-state index in [2.05, 4.69) is 0 Å². The van der Waals surface area contributed by atoms with Crippen LogP contribution in [0.3, 0.4) is 0 Å². The van der Waals surface area contributed by atoms with E-state index in [9.17, 15) is 14.3 Å². The van der Waals surface area contributed by atoms with Crippen LogP contribution >= 0.6 is 0 Å². The fraction of sp³-hybridized carbons (Fsp3) is 0.438. The maximum Gasteiger partial charge on any atom is 0.309 e. The molecule has 1 N–H and O–H groups in total. The van der Waals surface area contributed by atoms with Crippen molar-refractivity contribution in [2.45, 2.75) is 45.3 Å². The van der Waals surface area contributed by atoms with Gasteiger partial charge in [0.1, 0.15) is 17.5 Å². The second kappa shape index (κ2) is 7.20. The summed E-state index contributed by atoms with van der Waals surface area (Å²) in [5, 5.41) is 9.62. The summed E-state index contributed by atoms with van der Waals surface area (Å²) in [6, 6.07) is 9.32. The lowest BCUT2D eigenvalue weighted by Gasteiger charge is -2.20. The Morgan fingerprint density at radius 2 is 1.95 bits per heavy atom. The van der Waals surface area contributed by atoms with Gasteiger partial charge >= 0.3 is 5.97 Å². The van der Waals surface area contributed by atoms with Crippen molar-refractivity contribution in [1.82, 2.24) is 0 Å². The van der Waals surface area contributed by atoms with Gasteiger partial charge in [-0.25, -0.2) is 4.39 Å². The quantitative estimate of drug-likeness (QED) is 0.843. The highest BCUT2D eigenvalue weighted by Gasteiger charge is 2.21. The summed E-state index contributed by atoms with van der Waals surface area (Å²) < 4.78 is 18.7. The fourth-order valence-corrected chi connectivity index (χ4v) is 1.60. The average Bonchev–Trinajstić information content (AvgIpc) is 2.34. The molecule has 0 spiro atoms. The Bertz CT molecular complexity index is 460. The molecule has 0 heterocycles. The molecule has 0 radical (unpaired) electrons. The van der Waals surface area contributed by atoms with Crippen molar-refractivity contribution in [1.29, 1.82) is 0 Å². The lowest BCUT2D eigenvalue weighted by atomic mass is 10.1. The minimum atomic E-state index is -1.45. The third-order valence-corrected chi connectivity index (χ3v) is 2.47. The molecule has 20 heavy (non-hydrogen) atoms. The summed E-state index contributed by atoms with van der Waals surface area (Å²) >= 11 is 0. The van der Waals surface area contributed by atoms with E-state index in [0.717, 1.165) is 5.56 Å². The smallest absolute Gasteiger partial charge is 0.309 e. The second-order valence-corrected chi connectivity index (χ2v) is 5.59. The van der Waals surface area contributed by atoms with Crippen LogP contribution in [-0.2, 0) is 16.0 Å². The fourth-order valence-electron chi connectivity index (χ4n) is 1.60. The first kappa shape index (κ1) is 16.4. The van der Waals surface area contributed by atoms with E-state index in [4.69, 9.17) is 4.74 Å². The van der Waals surface area contributed by atoms with Crippen molar-refractivity contribution in [3.63, 3.8) is 0 Å². The Morgan fingerprint density at radius 3 is 2.50 bits per heavy atom. The summed E-state index contributed by atoms with van der Waals surface area (Å²) in [6.45, 7) is 5.16. The molecule has 0 amide bonds. The lowest BCUT2D eigenvalue weighted by molar-refractivity contribution is -0.156. The molecule has 1 rings (SSSR count). The summed E-state index contributed by atoms with van der Waals surface area (Å²) in [4.78, 5) is 11.5. The molecule has 1 atom stereocenters. The number of hydrogen-bond acceptors (Lipinski definition) is 3. The minimum Gasteiger partial charge on any atom is -0.460 e. The van der Waals surface area contributed by atoms with E-state index in [1.54, 1.807) is 20.8 Å². The van der Waals surface area contributed by atoms with E-state index in [-0.39, 0.29) is 6.42 Å². The highest BCUT2D eigenvalue weighted by molar-refractivity contribution is 5.70. The molecular formula is C16H21FO3. The minimum absolute atomic E-state index is 0.373. The molecule has 1 aromatic rings. The van der Waals surface area contributed by atoms with Gasteiger partial charge in [0.15, 0.2) is 0 Å². The zero-order valence-corrected chi connectivity index (χ0v) is 12.1. The van der Waals surface area contributed by atoms with E-state index in [0.29, 0.717) is 6.42 Å². The van der Waals surface area contributed by atoms with Crippen LogP contribution in [0.2, 0.25) is 0 Å². The van der Waals surface area contributed by atoms with Gasteiger partial charge in [0.2, 0.25) is 0 Å². The predicted molar refractivity (Wildman–Crippen MR) is 75.8 cm³/mol. The number of aliphatic hydroxyl groups is 1. The van der Waals surface area contributed by atoms with Gasteiger partial charge in [0.25, 0.3) is 0 Å². The lowest BCUT2D eigenvalue weighted by Crippen LogP contribution is -2.26. The zero-order chi connectivity index (χ0) is 15.2. The van der Waals surface area contributed by atoms with Crippen molar-refractivity contribution >= 4 is 5.97 Å². The Balaban J connectivity index is 2.50. The standard InChI is InChI=1S/C16H21FO3/c1-16(2,3)20-15(19)11-14(18)13(17)10-9-12-7-5-4-6-8-12/h4-8,10,14,18H,9,11H2,1-3H3/b13-10-/t14-/m1/s1. The molecule has 0 fully saturated rings. The molecule has 0 aliphatic heterocycles. The molecule has 0 aromatic heterocycles. The highest BCUT2D eigenvalue weighted by atomic mass is 19.1. The number of ether oxygens (including phenoxy) is 1. The van der Waals surface area contributed by atoms with Gasteiger partial charge in [0, 0.05) is 0 Å². The number of halogens is 1. The van der Waals surface area contributed by atoms with Crippen LogP contribution in [-0.4, -0.2) is 22.8 Å². The highest BCUT2D eigenvalue weighted by Crippen LogP contribution is 2.14. The number of benzene rings is 1. The Labute approximate surface area is 119 Å². The molecule has 3 nitrogen and oxygen atoms in total. The molecule has 0 saturated carbocycles. The maximum atomic E-state index is 13.7. The van der Waals surface area contributed by atoms with Crippen LogP contribution in [0.4, 0.5) is 4.39 Å². The number of allylic oxidation sites excluding steroid dienone is 1. The number of aliphatic hydroxyl groups excluding tert-OH is 1. The van der Waals surface area contributed by atoms with Crippen LogP contribution in [0.25, 0.3) is 0 Å². The van der Waals surface area contributed by atoms with Crippen LogP contribution in [0, 0.1) is 0 Å². The van der Waals surface area contributed by atoms with Gasteiger partial charge in [-0.1, -0.05) is 30.3 Å². The zero-order valence-electron chi connectivity index (χ0n) is 12.1. The molecule has 0 aliphatic rings. The monoisotopic (exact) mass is 280 g/mol. The molecule has 110 valence electrons. The maximum absolute atomic E-state index is 13.7. The van der Waals surface area contributed by atoms with Gasteiger partial charge in [-0.15, -0.1) is 0 Å². The number of carbonyl (C=O) groups is 1. The van der Waals surface area contributed by atoms with Crippen molar-refractivity contribution in [3.8, 4) is 0 Å². The van der Waals surface area contributed by atoms with Gasteiger partial charge in [-0.3, -0.25) is 4.79 Å². The Kier molecular flexibility index (Phi) is 5.89. The van der Waals surface area contributed by atoms with Crippen molar-refractivity contribution in [3.05, 3.63) is 47.8 Å². The first-order valence-electron chi connectivity index (χ1n) is 6.57. The number of rotatable bonds is 5. The first-order valence-corrected chi connectivity index (χ1v) is 6.57. The summed E-state index contributed by atoms with van der Waals surface area (Å²) in [6.07, 6.45) is -0.176. The van der Waals surface area contributed by atoms with E-state index in [1.807, 2.05) is 30.3 Å². The molecule has 1 aromatic carbocycles. The first-order chi connectivity index (χ1) is 9.28. The molecule has 0 unspecified atom stereocenters. The largest absolute Gasteiger partial charge is 0.460 e. The van der Waals surface area contributed by atoms with Crippen LogP contribution in [0.1, 0.15) is 32.8 Å². The van der Waals surface area contributed by atoms with Crippen molar-refractivity contribution in [2.75, 3.05) is 0 Å². The van der Waals surface area contributed by atoms with Crippen LogP contribution in [0.15, 0.2) is 42.2 Å². The average molecular weight is 280 g/mol. The number of carbonyl (C=O) groups excluding carboxylic acids is 1. The summed E-state index contributed by atoms with van der Waals surface area (Å²) in [5.74, 6) is -1.33. The molecule has 0 bridgehead atoms. The predicted octanol–water partition coefficient (Wildman–Crippen LogP) is 3.18. The third-order valence-electron chi connectivity index (χ3n) is 2.47. The number of hydrogen-bond donors (Lipinski definition) is 1. The van der Waals surface area contributed by atoms with Gasteiger partial charge in [-0.2, -0.15) is 0 Å². The summed E-state index contributed by atoms with van der Waals surface area (Å²) in [5.41, 5.74) is 0.299. The summed E-state index contributed by atoms with van der Waals surface area (Å²) in [7, 11) is 0. The van der Waals surface area contributed by atoms with Crippen LogP contribution in [0.5, 0.6) is 0 Å². The van der Waals surface area contributed by atoms with E-state index >= 15 is 0 Å². The van der Waals surface area contributed by atoms with Crippen molar-refractivity contribution in [2.24, 2.45) is 0 Å². The number of esters is 1. The topological polar surface area (TPSA) is 46.5 Å². The van der Waals surface area contributed by atoms with E-state index < -0.39 is 23.5 Å². The van der Waals surface area contributed by atoms with E-state index in [1.165, 1.54) is 6.08 Å². The molecule has 0 saturated heterocycles. The SMILES string of the molecule is CC(C)(C)OC(=O)C[C@@H](O)/C(F)=C/Cc1ccccc1. The van der Waals surface area contributed by atoms with Crippen LogP contribution < -0.4 is 0 Å². The second-order valence-electron chi connectivity index (χ2n) is 5.59. The van der Waals surface area contributed by atoms with Crippen molar-refractivity contribution < 1.29 is 19.0 Å². The Morgan fingerprint density at radius 1 is 1.35 bits per heavy atom. The third kappa shape index (κ3) is 6.48. The van der Waals surface area contributed by atoms with Gasteiger partial charge in [-0.05, 0) is 38.8 Å². The normalized spacial score (nSPS) is 13.9. The van der Waals surface area contributed by atoms with Gasteiger partial charge < -0.3 is 9.84 Å². The Hall–Kier alpha value is -1.68.